The third-order valence-electron chi connectivity index (χ3n) is 5.08. The number of rotatable bonds is 2. The van der Waals surface area contributed by atoms with Crippen LogP contribution in [0.5, 0.6) is 0 Å². The van der Waals surface area contributed by atoms with Crippen molar-refractivity contribution < 1.29 is 17.9 Å². The summed E-state index contributed by atoms with van der Waals surface area (Å²) in [6, 6.07) is 3.56. The van der Waals surface area contributed by atoms with Crippen molar-refractivity contribution in [3.8, 4) is 0 Å². The van der Waals surface area contributed by atoms with E-state index < -0.39 is 17.2 Å². The zero-order valence-corrected chi connectivity index (χ0v) is 15.2. The van der Waals surface area contributed by atoms with Crippen LogP contribution < -0.4 is 5.73 Å². The van der Waals surface area contributed by atoms with Crippen LogP contribution in [-0.4, -0.2) is 22.0 Å². The van der Waals surface area contributed by atoms with E-state index in [0.29, 0.717) is 28.8 Å². The van der Waals surface area contributed by atoms with Gasteiger partial charge in [0, 0.05) is 22.8 Å². The van der Waals surface area contributed by atoms with Gasteiger partial charge in [-0.1, -0.05) is 24.8 Å². The van der Waals surface area contributed by atoms with Gasteiger partial charge in [-0.2, -0.15) is 0 Å². The van der Waals surface area contributed by atoms with Crippen molar-refractivity contribution in [2.24, 2.45) is 16.6 Å². The predicted molar refractivity (Wildman–Crippen MR) is 94.8 cm³/mol. The molecule has 0 spiro atoms. The van der Waals surface area contributed by atoms with E-state index in [-0.39, 0.29) is 23.9 Å². The van der Waals surface area contributed by atoms with Crippen LogP contribution in [0.25, 0.3) is 0 Å². The summed E-state index contributed by atoms with van der Waals surface area (Å²) in [7, 11) is 0. The van der Waals surface area contributed by atoms with Gasteiger partial charge < -0.3 is 14.9 Å². The van der Waals surface area contributed by atoms with Crippen LogP contribution in [0, 0.1) is 24.5 Å². The number of fused-ring (bicyclic) bond motifs is 1. The Morgan fingerprint density at radius 2 is 2.15 bits per heavy atom. The highest BCUT2D eigenvalue weighted by Crippen LogP contribution is 2.52. The number of oxazole rings is 1. The van der Waals surface area contributed by atoms with E-state index in [1.165, 1.54) is 23.9 Å². The number of benzene rings is 1. The summed E-state index contributed by atoms with van der Waals surface area (Å²) in [5, 5.41) is 0.464. The van der Waals surface area contributed by atoms with Gasteiger partial charge in [-0.15, -0.1) is 0 Å². The first-order valence-corrected chi connectivity index (χ1v) is 9.28. The number of aromatic nitrogens is 1. The Kier molecular flexibility index (Phi) is 4.27. The normalized spacial score (nSPS) is 31.4. The lowest BCUT2D eigenvalue weighted by atomic mass is 9.72. The second-order valence-corrected chi connectivity index (χ2v) is 8.17. The molecular formula is C18H19F2N3O2S. The molecule has 26 heavy (non-hydrogen) atoms. The van der Waals surface area contributed by atoms with Gasteiger partial charge in [0.2, 0.25) is 5.89 Å². The summed E-state index contributed by atoms with van der Waals surface area (Å²) in [5.74, 6) is -0.113. The molecule has 1 saturated heterocycles. The summed E-state index contributed by atoms with van der Waals surface area (Å²) in [6.45, 7) is 3.98. The lowest BCUT2D eigenvalue weighted by molar-refractivity contribution is -0.0751. The standard InChI is InChI=1S/C18H19F2N3O2S/c1-9-7-22-16(25-9)15-6-13-10(2)26-17(21)23-18(13,8-24-15)12-4-3-11(19)5-14(12)20/h3-5,7,10,13,15H,6,8H2,1-2H3,(H2,21,23)/t10-,13+,15-,18-/m1/s1. The van der Waals surface area contributed by atoms with Crippen molar-refractivity contribution in [2.45, 2.75) is 37.2 Å². The van der Waals surface area contributed by atoms with Crippen LogP contribution in [0.2, 0.25) is 0 Å². The van der Waals surface area contributed by atoms with Crippen LogP contribution in [0.1, 0.15) is 36.7 Å². The maximum atomic E-state index is 14.6. The van der Waals surface area contributed by atoms with E-state index in [0.717, 1.165) is 6.07 Å². The number of nitrogens with zero attached hydrogens (tertiary/aromatic N) is 2. The van der Waals surface area contributed by atoms with E-state index in [9.17, 15) is 8.78 Å². The molecule has 4 atom stereocenters. The highest BCUT2D eigenvalue weighted by molar-refractivity contribution is 8.14. The van der Waals surface area contributed by atoms with Crippen LogP contribution in [0.4, 0.5) is 8.78 Å². The van der Waals surface area contributed by atoms with Crippen molar-refractivity contribution in [3.05, 3.63) is 53.2 Å². The second kappa shape index (κ2) is 6.35. The van der Waals surface area contributed by atoms with Crippen molar-refractivity contribution in [3.63, 3.8) is 0 Å². The van der Waals surface area contributed by atoms with E-state index >= 15 is 0 Å². The Morgan fingerprint density at radius 1 is 1.35 bits per heavy atom. The van der Waals surface area contributed by atoms with Crippen molar-refractivity contribution in [1.82, 2.24) is 4.98 Å². The number of thioether (sulfide) groups is 1. The lowest BCUT2D eigenvalue weighted by Crippen LogP contribution is -2.51. The SMILES string of the molecule is Cc1cnc([C@H]2C[C@H]3[C@@H](C)SC(N)=N[C@@]3(c3ccc(F)cc3F)CO2)o1. The second-order valence-electron chi connectivity index (χ2n) is 6.77. The molecule has 2 aliphatic rings. The molecule has 0 saturated carbocycles. The Labute approximate surface area is 154 Å². The zero-order valence-electron chi connectivity index (χ0n) is 14.4. The molecule has 5 nitrogen and oxygen atoms in total. The Morgan fingerprint density at radius 3 is 2.85 bits per heavy atom. The van der Waals surface area contributed by atoms with Crippen molar-refractivity contribution in [1.29, 1.82) is 0 Å². The van der Waals surface area contributed by atoms with Crippen molar-refractivity contribution in [2.75, 3.05) is 6.61 Å². The predicted octanol–water partition coefficient (Wildman–Crippen LogP) is 3.68. The third-order valence-corrected chi connectivity index (χ3v) is 6.11. The number of aryl methyl sites for hydroxylation is 1. The molecule has 3 heterocycles. The van der Waals surface area contributed by atoms with E-state index in [4.69, 9.17) is 14.9 Å². The molecule has 1 aromatic carbocycles. The fraction of sp³-hybridized carbons (Fsp3) is 0.444. The van der Waals surface area contributed by atoms with Gasteiger partial charge in [0.15, 0.2) is 5.17 Å². The smallest absolute Gasteiger partial charge is 0.223 e. The van der Waals surface area contributed by atoms with Crippen LogP contribution in [0.15, 0.2) is 33.8 Å². The minimum Gasteiger partial charge on any atom is -0.443 e. The van der Waals surface area contributed by atoms with Crippen LogP contribution in [0.3, 0.4) is 0 Å². The van der Waals surface area contributed by atoms with Crippen molar-refractivity contribution >= 4 is 16.9 Å². The van der Waals surface area contributed by atoms with E-state index in [1.807, 2.05) is 13.8 Å². The summed E-state index contributed by atoms with van der Waals surface area (Å²) >= 11 is 1.46. The number of amidine groups is 1. The number of hydrogen-bond acceptors (Lipinski definition) is 6. The molecule has 0 aliphatic carbocycles. The fourth-order valence-corrected chi connectivity index (χ4v) is 4.99. The number of aliphatic imine (C=N–C) groups is 1. The highest BCUT2D eigenvalue weighted by Gasteiger charge is 2.52. The molecule has 2 aromatic rings. The molecule has 1 fully saturated rings. The topological polar surface area (TPSA) is 73.6 Å². The summed E-state index contributed by atoms with van der Waals surface area (Å²) in [4.78, 5) is 8.86. The van der Waals surface area contributed by atoms with Gasteiger partial charge in [0.1, 0.15) is 29.0 Å². The first kappa shape index (κ1) is 17.5. The molecule has 8 heteroatoms. The summed E-state index contributed by atoms with van der Waals surface area (Å²) in [6.07, 6.45) is 1.87. The molecule has 1 aromatic heterocycles. The van der Waals surface area contributed by atoms with Crippen LogP contribution in [-0.2, 0) is 10.3 Å². The van der Waals surface area contributed by atoms with Gasteiger partial charge in [0.05, 0.1) is 12.8 Å². The zero-order chi connectivity index (χ0) is 18.5. The molecule has 2 aliphatic heterocycles. The molecule has 2 N–H and O–H groups in total. The average molecular weight is 379 g/mol. The lowest BCUT2D eigenvalue weighted by Gasteiger charge is -2.48. The monoisotopic (exact) mass is 379 g/mol. The average Bonchev–Trinajstić information content (AvgIpc) is 3.00. The van der Waals surface area contributed by atoms with Gasteiger partial charge in [-0.25, -0.2) is 18.8 Å². The molecule has 4 rings (SSSR count). The van der Waals surface area contributed by atoms with Gasteiger partial charge in [-0.05, 0) is 19.4 Å². The number of ether oxygens (including phenoxy) is 1. The third kappa shape index (κ3) is 2.81. The Bertz CT molecular complexity index is 872. The number of hydrogen-bond donors (Lipinski definition) is 1. The number of nitrogens with two attached hydrogens (primary N) is 1. The van der Waals surface area contributed by atoms with E-state index in [1.54, 1.807) is 6.20 Å². The molecule has 138 valence electrons. The molecular weight excluding hydrogens is 360 g/mol. The maximum absolute atomic E-state index is 14.6. The van der Waals surface area contributed by atoms with Gasteiger partial charge in [0.25, 0.3) is 0 Å². The Balaban J connectivity index is 1.77. The molecule has 0 radical (unpaired) electrons. The minimum absolute atomic E-state index is 0.0642. The van der Waals surface area contributed by atoms with E-state index in [2.05, 4.69) is 9.98 Å². The molecule has 0 unspecified atom stereocenters. The fourth-order valence-electron chi connectivity index (χ4n) is 3.89. The quantitative estimate of drug-likeness (QED) is 0.862. The maximum Gasteiger partial charge on any atom is 0.223 e. The molecule has 0 bridgehead atoms. The largest absolute Gasteiger partial charge is 0.443 e. The highest BCUT2D eigenvalue weighted by atomic mass is 32.2. The number of halogens is 2. The summed E-state index contributed by atoms with van der Waals surface area (Å²) < 4.78 is 39.7. The Hall–Kier alpha value is -1.93. The summed E-state index contributed by atoms with van der Waals surface area (Å²) in [5.41, 5.74) is 5.34. The van der Waals surface area contributed by atoms with Gasteiger partial charge >= 0.3 is 0 Å². The van der Waals surface area contributed by atoms with Crippen LogP contribution >= 0.6 is 11.8 Å². The first-order chi connectivity index (χ1) is 12.4. The first-order valence-electron chi connectivity index (χ1n) is 8.40. The molecule has 0 amide bonds. The van der Waals surface area contributed by atoms with Gasteiger partial charge in [-0.3, -0.25) is 0 Å². The minimum atomic E-state index is -0.981.